The Bertz CT molecular complexity index is 1010. The number of methoxy groups -OCH3 is 1. The molecule has 1 N–H and O–H groups in total. The topological polar surface area (TPSA) is 73.9 Å². The third kappa shape index (κ3) is 5.99. The molecule has 7 heteroatoms. The van der Waals surface area contributed by atoms with Crippen LogP contribution in [0.25, 0.3) is 0 Å². The molecule has 0 spiro atoms. The van der Waals surface area contributed by atoms with Crippen LogP contribution in [0.3, 0.4) is 0 Å². The van der Waals surface area contributed by atoms with Crippen LogP contribution in [-0.4, -0.2) is 25.6 Å². The van der Waals surface area contributed by atoms with Crippen LogP contribution in [0.4, 0.5) is 5.69 Å². The van der Waals surface area contributed by atoms with Gasteiger partial charge in [-0.1, -0.05) is 41.9 Å². The van der Waals surface area contributed by atoms with E-state index in [0.717, 1.165) is 5.56 Å². The number of ether oxygens (including phenoxy) is 3. The number of anilines is 1. The molecule has 0 heterocycles. The first-order valence-corrected chi connectivity index (χ1v) is 9.50. The normalized spacial score (nSPS) is 10.2. The van der Waals surface area contributed by atoms with Gasteiger partial charge in [-0.15, -0.1) is 0 Å². The molecule has 0 saturated carbocycles. The van der Waals surface area contributed by atoms with Gasteiger partial charge in [-0.3, -0.25) is 4.79 Å². The van der Waals surface area contributed by atoms with Crippen LogP contribution in [0.2, 0.25) is 5.02 Å². The standard InChI is InChI=1S/C23H20ClNO5/c1-28-21-12-9-18(13-20(21)24)25-23(27)17-7-10-19(11-8-17)29-15-22(26)30-14-16-5-3-2-4-6-16/h2-13H,14-15H2,1H3,(H,25,27). The Morgan fingerprint density at radius 1 is 0.967 bits per heavy atom. The largest absolute Gasteiger partial charge is 0.495 e. The molecule has 0 aromatic heterocycles. The number of hydrogen-bond donors (Lipinski definition) is 1. The number of hydrogen-bond acceptors (Lipinski definition) is 5. The van der Waals surface area contributed by atoms with Gasteiger partial charge in [0.2, 0.25) is 0 Å². The third-order valence-corrected chi connectivity index (χ3v) is 4.42. The van der Waals surface area contributed by atoms with Crippen molar-refractivity contribution in [2.45, 2.75) is 6.61 Å². The summed E-state index contributed by atoms with van der Waals surface area (Å²) in [6, 6.07) is 20.8. The smallest absolute Gasteiger partial charge is 0.344 e. The van der Waals surface area contributed by atoms with Crippen molar-refractivity contribution < 1.29 is 23.8 Å². The molecule has 3 aromatic carbocycles. The lowest BCUT2D eigenvalue weighted by atomic mass is 10.2. The van der Waals surface area contributed by atoms with Gasteiger partial charge in [0.05, 0.1) is 12.1 Å². The van der Waals surface area contributed by atoms with E-state index in [-0.39, 0.29) is 19.1 Å². The highest BCUT2D eigenvalue weighted by molar-refractivity contribution is 6.32. The fourth-order valence-corrected chi connectivity index (χ4v) is 2.83. The number of carbonyl (C=O) groups is 2. The van der Waals surface area contributed by atoms with E-state index in [9.17, 15) is 9.59 Å². The van der Waals surface area contributed by atoms with Crippen molar-refractivity contribution in [2.24, 2.45) is 0 Å². The Kier molecular flexibility index (Phi) is 7.29. The zero-order chi connectivity index (χ0) is 21.3. The van der Waals surface area contributed by atoms with Crippen LogP contribution < -0.4 is 14.8 Å². The Morgan fingerprint density at radius 3 is 2.37 bits per heavy atom. The molecule has 3 aromatic rings. The number of esters is 1. The molecule has 3 rings (SSSR count). The molecule has 154 valence electrons. The zero-order valence-electron chi connectivity index (χ0n) is 16.3. The van der Waals surface area contributed by atoms with Gasteiger partial charge in [0.25, 0.3) is 5.91 Å². The molecule has 6 nitrogen and oxygen atoms in total. The molecule has 0 saturated heterocycles. The molecule has 0 unspecified atom stereocenters. The first kappa shape index (κ1) is 21.2. The minimum atomic E-state index is -0.475. The maximum absolute atomic E-state index is 12.4. The third-order valence-electron chi connectivity index (χ3n) is 4.13. The highest BCUT2D eigenvalue weighted by Crippen LogP contribution is 2.27. The van der Waals surface area contributed by atoms with Gasteiger partial charge in [0.1, 0.15) is 18.1 Å². The van der Waals surface area contributed by atoms with Gasteiger partial charge in [-0.2, -0.15) is 0 Å². The summed E-state index contributed by atoms with van der Waals surface area (Å²) < 4.78 is 15.7. The quantitative estimate of drug-likeness (QED) is 0.528. The van der Waals surface area contributed by atoms with E-state index < -0.39 is 5.97 Å². The summed E-state index contributed by atoms with van der Waals surface area (Å²) in [5.41, 5.74) is 1.88. The van der Waals surface area contributed by atoms with Crippen LogP contribution in [0.1, 0.15) is 15.9 Å². The van der Waals surface area contributed by atoms with E-state index in [2.05, 4.69) is 5.32 Å². The molecule has 0 aliphatic heterocycles. The van der Waals surface area contributed by atoms with Crippen LogP contribution >= 0.6 is 11.6 Å². The van der Waals surface area contributed by atoms with E-state index in [0.29, 0.717) is 27.8 Å². The number of carbonyl (C=O) groups excluding carboxylic acids is 2. The Labute approximate surface area is 179 Å². The minimum Gasteiger partial charge on any atom is -0.495 e. The summed E-state index contributed by atoms with van der Waals surface area (Å²) >= 11 is 6.07. The molecule has 0 fully saturated rings. The van der Waals surface area contributed by atoms with E-state index >= 15 is 0 Å². The molecule has 1 amide bonds. The van der Waals surface area contributed by atoms with Gasteiger partial charge in [0.15, 0.2) is 6.61 Å². The molecular weight excluding hydrogens is 406 g/mol. The second kappa shape index (κ2) is 10.3. The summed E-state index contributed by atoms with van der Waals surface area (Å²) in [6.07, 6.45) is 0. The van der Waals surface area contributed by atoms with Crippen molar-refractivity contribution in [1.82, 2.24) is 0 Å². The van der Waals surface area contributed by atoms with Gasteiger partial charge >= 0.3 is 5.97 Å². The Morgan fingerprint density at radius 2 is 1.70 bits per heavy atom. The highest BCUT2D eigenvalue weighted by Gasteiger charge is 2.10. The molecule has 30 heavy (non-hydrogen) atoms. The molecule has 0 bridgehead atoms. The predicted octanol–water partition coefficient (Wildman–Crippen LogP) is 4.72. The van der Waals surface area contributed by atoms with Crippen molar-refractivity contribution in [3.63, 3.8) is 0 Å². The van der Waals surface area contributed by atoms with Gasteiger partial charge < -0.3 is 19.5 Å². The maximum Gasteiger partial charge on any atom is 0.344 e. The van der Waals surface area contributed by atoms with E-state index in [1.807, 2.05) is 30.3 Å². The molecule has 0 aliphatic carbocycles. The lowest BCUT2D eigenvalue weighted by molar-refractivity contribution is -0.147. The van der Waals surface area contributed by atoms with Crippen molar-refractivity contribution in [1.29, 1.82) is 0 Å². The van der Waals surface area contributed by atoms with Crippen molar-refractivity contribution in [2.75, 3.05) is 19.0 Å². The average molecular weight is 426 g/mol. The fourth-order valence-electron chi connectivity index (χ4n) is 2.57. The summed E-state index contributed by atoms with van der Waals surface area (Å²) in [5.74, 6) is 0.205. The van der Waals surface area contributed by atoms with E-state index in [4.69, 9.17) is 25.8 Å². The minimum absolute atomic E-state index is 0.192. The van der Waals surface area contributed by atoms with Gasteiger partial charge in [0, 0.05) is 11.3 Å². The predicted molar refractivity (Wildman–Crippen MR) is 114 cm³/mol. The Hall–Kier alpha value is -3.51. The zero-order valence-corrected chi connectivity index (χ0v) is 17.0. The van der Waals surface area contributed by atoms with Crippen molar-refractivity contribution in [3.05, 3.63) is 88.9 Å². The first-order valence-electron chi connectivity index (χ1n) is 9.12. The first-order chi connectivity index (χ1) is 14.5. The second-order valence-corrected chi connectivity index (χ2v) is 6.67. The van der Waals surface area contributed by atoms with Gasteiger partial charge in [-0.05, 0) is 48.0 Å². The van der Waals surface area contributed by atoms with E-state index in [1.54, 1.807) is 42.5 Å². The number of benzene rings is 3. The lowest BCUT2D eigenvalue weighted by Crippen LogP contribution is -2.15. The maximum atomic E-state index is 12.4. The van der Waals surface area contributed by atoms with Gasteiger partial charge in [-0.25, -0.2) is 4.79 Å². The summed E-state index contributed by atoms with van der Waals surface area (Å²) in [6.45, 7) is -0.0275. The SMILES string of the molecule is COc1ccc(NC(=O)c2ccc(OCC(=O)OCc3ccccc3)cc2)cc1Cl. The lowest BCUT2D eigenvalue weighted by Gasteiger charge is -2.09. The molecule has 0 atom stereocenters. The number of rotatable bonds is 8. The molecular formula is C23H20ClNO5. The second-order valence-electron chi connectivity index (χ2n) is 6.26. The van der Waals surface area contributed by atoms with Crippen LogP contribution in [0, 0.1) is 0 Å². The van der Waals surface area contributed by atoms with Crippen LogP contribution in [0.15, 0.2) is 72.8 Å². The van der Waals surface area contributed by atoms with Crippen molar-refractivity contribution >= 4 is 29.2 Å². The number of nitrogens with one attached hydrogen (secondary N) is 1. The number of halogens is 1. The molecule has 0 radical (unpaired) electrons. The highest BCUT2D eigenvalue weighted by atomic mass is 35.5. The number of amides is 1. The monoisotopic (exact) mass is 425 g/mol. The summed E-state index contributed by atoms with van der Waals surface area (Å²) in [5, 5.41) is 3.16. The van der Waals surface area contributed by atoms with Crippen LogP contribution in [0.5, 0.6) is 11.5 Å². The van der Waals surface area contributed by atoms with Crippen molar-refractivity contribution in [3.8, 4) is 11.5 Å². The molecule has 0 aliphatic rings. The average Bonchev–Trinajstić information content (AvgIpc) is 2.77. The van der Waals surface area contributed by atoms with E-state index in [1.165, 1.54) is 7.11 Å². The fraction of sp³-hybridized carbons (Fsp3) is 0.130. The summed E-state index contributed by atoms with van der Waals surface area (Å²) in [7, 11) is 1.52. The summed E-state index contributed by atoms with van der Waals surface area (Å²) in [4.78, 5) is 24.2. The Balaban J connectivity index is 1.48. The van der Waals surface area contributed by atoms with Crippen LogP contribution in [-0.2, 0) is 16.1 Å².